The SMILES string of the molecule is [2H]C(C(=O)O)C(=O)N[C@@H](Cc1ccccc1)C(=O)O. The van der Waals surface area contributed by atoms with Crippen LogP contribution < -0.4 is 5.32 Å². The molecule has 0 heterocycles. The topological polar surface area (TPSA) is 104 Å². The first kappa shape index (κ1) is 12.1. The highest BCUT2D eigenvalue weighted by Gasteiger charge is 2.21. The van der Waals surface area contributed by atoms with Gasteiger partial charge in [-0.25, -0.2) is 4.79 Å². The predicted octanol–water partition coefficient (Wildman–Crippen LogP) is 0.273. The summed E-state index contributed by atoms with van der Waals surface area (Å²) in [4.78, 5) is 32.8. The van der Waals surface area contributed by atoms with Gasteiger partial charge >= 0.3 is 11.9 Å². The normalized spacial score (nSPS) is 14.1. The summed E-state index contributed by atoms with van der Waals surface area (Å²) in [5.41, 5.74) is 0.687. The molecule has 1 rings (SSSR count). The maximum atomic E-state index is 11.3. The van der Waals surface area contributed by atoms with Crippen molar-refractivity contribution >= 4 is 17.8 Å². The van der Waals surface area contributed by atoms with E-state index in [9.17, 15) is 14.4 Å². The fourth-order valence-electron chi connectivity index (χ4n) is 1.38. The molecule has 0 spiro atoms. The minimum absolute atomic E-state index is 0.0221. The van der Waals surface area contributed by atoms with Gasteiger partial charge in [0.15, 0.2) is 0 Å². The third kappa shape index (κ3) is 4.65. The Morgan fingerprint density at radius 3 is 2.33 bits per heavy atom. The van der Waals surface area contributed by atoms with Gasteiger partial charge in [-0.15, -0.1) is 0 Å². The molecule has 6 heteroatoms. The molecule has 1 unspecified atom stereocenters. The first-order valence-corrected chi connectivity index (χ1v) is 5.14. The zero-order valence-electron chi connectivity index (χ0n) is 10.4. The highest BCUT2D eigenvalue weighted by molar-refractivity contribution is 5.95. The van der Waals surface area contributed by atoms with E-state index in [1.807, 2.05) is 5.32 Å². The van der Waals surface area contributed by atoms with Crippen molar-refractivity contribution in [3.05, 3.63) is 35.9 Å². The fraction of sp³-hybridized carbons (Fsp3) is 0.250. The zero-order chi connectivity index (χ0) is 14.4. The van der Waals surface area contributed by atoms with Gasteiger partial charge < -0.3 is 15.5 Å². The van der Waals surface area contributed by atoms with Gasteiger partial charge in [0.05, 0.1) is 0 Å². The Hall–Kier alpha value is -2.37. The van der Waals surface area contributed by atoms with Crippen molar-refractivity contribution in [1.82, 2.24) is 5.32 Å². The first-order valence-electron chi connectivity index (χ1n) is 5.71. The van der Waals surface area contributed by atoms with Crippen LogP contribution in [0, 0.1) is 0 Å². The summed E-state index contributed by atoms with van der Waals surface area (Å²) in [5.74, 6) is -4.05. The van der Waals surface area contributed by atoms with Gasteiger partial charge in [0.2, 0.25) is 5.91 Å². The van der Waals surface area contributed by atoms with Crippen molar-refractivity contribution in [1.29, 1.82) is 0 Å². The molecule has 18 heavy (non-hydrogen) atoms. The molecule has 1 aromatic rings. The highest BCUT2D eigenvalue weighted by Crippen LogP contribution is 2.03. The summed E-state index contributed by atoms with van der Waals surface area (Å²) in [7, 11) is 0. The van der Waals surface area contributed by atoms with Crippen LogP contribution in [0.1, 0.15) is 13.3 Å². The van der Waals surface area contributed by atoms with E-state index >= 15 is 0 Å². The molecule has 0 saturated carbocycles. The quantitative estimate of drug-likeness (QED) is 0.630. The molecule has 0 radical (unpaired) electrons. The lowest BCUT2D eigenvalue weighted by Crippen LogP contribution is -2.42. The third-order valence-corrected chi connectivity index (χ3v) is 2.15. The van der Waals surface area contributed by atoms with Crippen molar-refractivity contribution in [2.75, 3.05) is 0 Å². The summed E-state index contributed by atoms with van der Waals surface area (Å²) in [6.07, 6.45) is -2.01. The second kappa shape index (κ2) is 6.39. The van der Waals surface area contributed by atoms with Crippen LogP contribution in [0.5, 0.6) is 0 Å². The number of hydrogen-bond acceptors (Lipinski definition) is 3. The van der Waals surface area contributed by atoms with E-state index in [1.54, 1.807) is 30.3 Å². The number of nitrogens with one attached hydrogen (secondary N) is 1. The number of carboxylic acid groups (broad SMARTS) is 2. The van der Waals surface area contributed by atoms with Crippen LogP contribution in [0.15, 0.2) is 30.3 Å². The van der Waals surface area contributed by atoms with Crippen molar-refractivity contribution in [3.63, 3.8) is 0 Å². The Bertz CT molecular complexity index is 476. The average Bonchev–Trinajstić information content (AvgIpc) is 2.37. The lowest BCUT2D eigenvalue weighted by Gasteiger charge is -2.13. The lowest BCUT2D eigenvalue weighted by molar-refractivity contribution is -0.145. The van der Waals surface area contributed by atoms with E-state index in [-0.39, 0.29) is 6.42 Å². The van der Waals surface area contributed by atoms with E-state index in [2.05, 4.69) is 0 Å². The van der Waals surface area contributed by atoms with Crippen molar-refractivity contribution in [2.24, 2.45) is 0 Å². The Kier molecular flexibility index (Phi) is 4.29. The smallest absolute Gasteiger partial charge is 0.326 e. The van der Waals surface area contributed by atoms with Gasteiger partial charge in [0, 0.05) is 7.79 Å². The minimum atomic E-state index is -2.03. The van der Waals surface area contributed by atoms with E-state index in [1.165, 1.54) is 0 Å². The third-order valence-electron chi connectivity index (χ3n) is 2.15. The highest BCUT2D eigenvalue weighted by atomic mass is 16.4. The molecular weight excluding hydrogens is 238 g/mol. The molecule has 1 aromatic carbocycles. The molecule has 2 atom stereocenters. The number of carboxylic acids is 2. The monoisotopic (exact) mass is 252 g/mol. The molecule has 0 aliphatic carbocycles. The van der Waals surface area contributed by atoms with Crippen LogP contribution in [-0.4, -0.2) is 34.1 Å². The molecular formula is C12H13NO5. The van der Waals surface area contributed by atoms with Gasteiger partial charge in [0.25, 0.3) is 0 Å². The molecule has 6 nitrogen and oxygen atoms in total. The zero-order valence-corrected chi connectivity index (χ0v) is 9.37. The Morgan fingerprint density at radius 2 is 1.83 bits per heavy atom. The largest absolute Gasteiger partial charge is 0.481 e. The van der Waals surface area contributed by atoms with Crippen LogP contribution >= 0.6 is 0 Å². The molecule has 0 aliphatic heterocycles. The lowest BCUT2D eigenvalue weighted by atomic mass is 10.1. The summed E-state index contributed by atoms with van der Waals surface area (Å²) in [6.45, 7) is 0. The van der Waals surface area contributed by atoms with Crippen LogP contribution in [0.3, 0.4) is 0 Å². The van der Waals surface area contributed by atoms with Gasteiger partial charge in [-0.05, 0) is 5.56 Å². The molecule has 96 valence electrons. The minimum Gasteiger partial charge on any atom is -0.481 e. The number of hydrogen-bond donors (Lipinski definition) is 3. The average molecular weight is 252 g/mol. The van der Waals surface area contributed by atoms with Crippen LogP contribution in [0.4, 0.5) is 0 Å². The van der Waals surface area contributed by atoms with E-state index in [0.717, 1.165) is 0 Å². The molecule has 3 N–H and O–H groups in total. The molecule has 0 bridgehead atoms. The molecule has 0 fully saturated rings. The number of carbonyl (C=O) groups excluding carboxylic acids is 1. The van der Waals surface area contributed by atoms with Gasteiger partial charge in [-0.3, -0.25) is 9.59 Å². The second-order valence-electron chi connectivity index (χ2n) is 3.57. The molecule has 0 aliphatic rings. The fourth-order valence-corrected chi connectivity index (χ4v) is 1.38. The number of amides is 1. The van der Waals surface area contributed by atoms with E-state index in [0.29, 0.717) is 5.56 Å². The Balaban J connectivity index is 2.72. The predicted molar refractivity (Wildman–Crippen MR) is 62.0 cm³/mol. The van der Waals surface area contributed by atoms with Crippen molar-refractivity contribution < 1.29 is 26.0 Å². The maximum Gasteiger partial charge on any atom is 0.326 e. The Morgan fingerprint density at radius 1 is 1.22 bits per heavy atom. The first-order chi connectivity index (χ1) is 8.91. The number of carbonyl (C=O) groups is 3. The number of rotatable bonds is 6. The summed E-state index contributed by atoms with van der Waals surface area (Å²) in [6, 6.07) is 7.33. The standard InChI is InChI=1S/C12H13NO5/c14-10(7-11(15)16)13-9(12(17)18)6-8-4-2-1-3-5-8/h1-5,9H,6-7H2,(H,13,14)(H,15,16)(H,17,18)/t9-/m0/s1/i7D/t7?,9-. The molecule has 0 saturated heterocycles. The summed E-state index contributed by atoms with van der Waals surface area (Å²) < 4.78 is 7.04. The van der Waals surface area contributed by atoms with Crippen molar-refractivity contribution in [3.8, 4) is 0 Å². The van der Waals surface area contributed by atoms with E-state index in [4.69, 9.17) is 11.6 Å². The second-order valence-corrected chi connectivity index (χ2v) is 3.57. The number of benzene rings is 1. The van der Waals surface area contributed by atoms with Gasteiger partial charge in [-0.2, -0.15) is 0 Å². The van der Waals surface area contributed by atoms with Crippen molar-refractivity contribution in [2.45, 2.75) is 18.9 Å². The summed E-state index contributed by atoms with van der Waals surface area (Å²) in [5, 5.41) is 19.5. The van der Waals surface area contributed by atoms with E-state index < -0.39 is 30.3 Å². The molecule has 0 aromatic heterocycles. The number of aliphatic carboxylic acids is 2. The van der Waals surface area contributed by atoms with Gasteiger partial charge in [0.1, 0.15) is 12.4 Å². The van der Waals surface area contributed by atoms with Crippen LogP contribution in [0.25, 0.3) is 0 Å². The maximum absolute atomic E-state index is 11.3. The molecule has 1 amide bonds. The summed E-state index contributed by atoms with van der Waals surface area (Å²) >= 11 is 0. The van der Waals surface area contributed by atoms with Crippen LogP contribution in [-0.2, 0) is 20.8 Å². The Labute approximate surface area is 105 Å². The van der Waals surface area contributed by atoms with Gasteiger partial charge in [-0.1, -0.05) is 30.3 Å². The van der Waals surface area contributed by atoms with Crippen LogP contribution in [0.2, 0.25) is 0 Å².